The quantitative estimate of drug-likeness (QED) is 0.856. The number of carbonyl (C=O) groups excluding carboxylic acids is 1. The molecule has 0 bridgehead atoms. The fraction of sp³-hybridized carbons (Fsp3) is 0.533. The molecule has 1 amide bonds. The van der Waals surface area contributed by atoms with Crippen LogP contribution < -0.4 is 11.1 Å². The lowest BCUT2D eigenvalue weighted by Gasteiger charge is -2.29. The zero-order valence-corrected chi connectivity index (χ0v) is 11.0. The maximum Gasteiger partial charge on any atom is 0.252 e. The van der Waals surface area contributed by atoms with Crippen LogP contribution in [0.3, 0.4) is 0 Å². The highest BCUT2D eigenvalue weighted by Gasteiger charge is 2.34. The number of carbonyl (C=O) groups is 1. The number of aryl methyl sites for hydroxylation is 1. The van der Waals surface area contributed by atoms with Gasteiger partial charge >= 0.3 is 0 Å². The van der Waals surface area contributed by atoms with Gasteiger partial charge in [0.15, 0.2) is 0 Å². The van der Waals surface area contributed by atoms with Gasteiger partial charge in [-0.15, -0.1) is 0 Å². The van der Waals surface area contributed by atoms with E-state index >= 15 is 0 Å². The third-order valence-corrected chi connectivity index (χ3v) is 3.97. The maximum absolute atomic E-state index is 12.4. The van der Waals surface area contributed by atoms with Crippen LogP contribution in [0.15, 0.2) is 24.3 Å². The van der Waals surface area contributed by atoms with Crippen molar-refractivity contribution >= 4 is 5.91 Å². The van der Waals surface area contributed by atoms with Crippen LogP contribution in [0.5, 0.6) is 0 Å². The first-order valence-electron chi connectivity index (χ1n) is 6.81. The zero-order chi connectivity index (χ0) is 13.0. The van der Waals surface area contributed by atoms with E-state index in [1.165, 1.54) is 0 Å². The summed E-state index contributed by atoms with van der Waals surface area (Å²) in [5, 5.41) is 3.17. The van der Waals surface area contributed by atoms with Crippen LogP contribution in [-0.2, 0) is 6.42 Å². The van der Waals surface area contributed by atoms with E-state index in [4.69, 9.17) is 5.73 Å². The van der Waals surface area contributed by atoms with Gasteiger partial charge in [0.2, 0.25) is 0 Å². The third-order valence-electron chi connectivity index (χ3n) is 3.97. The van der Waals surface area contributed by atoms with Gasteiger partial charge in [0.25, 0.3) is 5.91 Å². The average molecular weight is 246 g/mol. The van der Waals surface area contributed by atoms with Gasteiger partial charge in [-0.1, -0.05) is 38.0 Å². The lowest BCUT2D eigenvalue weighted by atomic mass is 9.96. The molecule has 98 valence electrons. The minimum atomic E-state index is -0.169. The summed E-state index contributed by atoms with van der Waals surface area (Å²) in [6.45, 7) is 2.60. The summed E-state index contributed by atoms with van der Waals surface area (Å²) >= 11 is 0. The SMILES string of the molecule is CCc1ccccc1C(=O)NC1(CN)CCCC1. The van der Waals surface area contributed by atoms with Crippen molar-refractivity contribution in [1.82, 2.24) is 5.32 Å². The number of rotatable bonds is 4. The second-order valence-corrected chi connectivity index (χ2v) is 5.16. The Balaban J connectivity index is 2.16. The summed E-state index contributed by atoms with van der Waals surface area (Å²) in [6.07, 6.45) is 5.20. The van der Waals surface area contributed by atoms with E-state index in [1.807, 2.05) is 24.3 Å². The van der Waals surface area contributed by atoms with E-state index in [-0.39, 0.29) is 11.4 Å². The van der Waals surface area contributed by atoms with E-state index in [9.17, 15) is 4.79 Å². The van der Waals surface area contributed by atoms with Crippen molar-refractivity contribution in [3.63, 3.8) is 0 Å². The van der Waals surface area contributed by atoms with E-state index in [1.54, 1.807) is 0 Å². The van der Waals surface area contributed by atoms with E-state index in [0.29, 0.717) is 6.54 Å². The molecule has 3 N–H and O–H groups in total. The molecule has 0 saturated heterocycles. The van der Waals surface area contributed by atoms with Gasteiger partial charge in [0, 0.05) is 12.1 Å². The normalized spacial score (nSPS) is 17.7. The molecule has 1 aliphatic carbocycles. The molecule has 1 aromatic carbocycles. The smallest absolute Gasteiger partial charge is 0.252 e. The predicted molar refractivity (Wildman–Crippen MR) is 73.5 cm³/mol. The minimum Gasteiger partial charge on any atom is -0.345 e. The first-order chi connectivity index (χ1) is 8.71. The first kappa shape index (κ1) is 13.1. The van der Waals surface area contributed by atoms with Crippen molar-refractivity contribution in [2.24, 2.45) is 5.73 Å². The van der Waals surface area contributed by atoms with Crippen molar-refractivity contribution in [3.8, 4) is 0 Å². The van der Waals surface area contributed by atoms with Crippen LogP contribution in [0, 0.1) is 0 Å². The Kier molecular flexibility index (Phi) is 4.02. The average Bonchev–Trinajstić information content (AvgIpc) is 2.87. The lowest BCUT2D eigenvalue weighted by Crippen LogP contribution is -2.51. The molecule has 2 rings (SSSR count). The Morgan fingerprint density at radius 1 is 1.33 bits per heavy atom. The van der Waals surface area contributed by atoms with Gasteiger partial charge in [-0.2, -0.15) is 0 Å². The molecule has 1 saturated carbocycles. The molecule has 1 fully saturated rings. The third kappa shape index (κ3) is 2.56. The van der Waals surface area contributed by atoms with Crippen molar-refractivity contribution in [2.45, 2.75) is 44.6 Å². The molecular weight excluding hydrogens is 224 g/mol. The molecule has 3 nitrogen and oxygen atoms in total. The van der Waals surface area contributed by atoms with Crippen molar-refractivity contribution in [1.29, 1.82) is 0 Å². The Morgan fingerprint density at radius 3 is 2.61 bits per heavy atom. The zero-order valence-electron chi connectivity index (χ0n) is 11.0. The van der Waals surface area contributed by atoms with Crippen LogP contribution in [0.25, 0.3) is 0 Å². The monoisotopic (exact) mass is 246 g/mol. The van der Waals surface area contributed by atoms with Gasteiger partial charge in [-0.05, 0) is 30.9 Å². The number of benzene rings is 1. The number of amides is 1. The summed E-state index contributed by atoms with van der Waals surface area (Å²) in [6, 6.07) is 7.80. The second-order valence-electron chi connectivity index (χ2n) is 5.16. The highest BCUT2D eigenvalue weighted by atomic mass is 16.1. The Hall–Kier alpha value is -1.35. The highest BCUT2D eigenvalue weighted by Crippen LogP contribution is 2.29. The topological polar surface area (TPSA) is 55.1 Å². The van der Waals surface area contributed by atoms with Crippen molar-refractivity contribution < 1.29 is 4.79 Å². The van der Waals surface area contributed by atoms with E-state index in [2.05, 4.69) is 12.2 Å². The maximum atomic E-state index is 12.4. The van der Waals surface area contributed by atoms with Crippen molar-refractivity contribution in [2.75, 3.05) is 6.54 Å². The molecule has 0 aliphatic heterocycles. The van der Waals surface area contributed by atoms with Gasteiger partial charge in [0.05, 0.1) is 5.54 Å². The van der Waals surface area contributed by atoms with Gasteiger partial charge in [-0.25, -0.2) is 0 Å². The Labute approximate surface area is 109 Å². The van der Waals surface area contributed by atoms with Crippen LogP contribution in [0.2, 0.25) is 0 Å². The summed E-state index contributed by atoms with van der Waals surface area (Å²) in [5.41, 5.74) is 7.57. The Morgan fingerprint density at radius 2 is 2.00 bits per heavy atom. The summed E-state index contributed by atoms with van der Waals surface area (Å²) < 4.78 is 0. The van der Waals surface area contributed by atoms with Crippen LogP contribution in [0.1, 0.15) is 48.5 Å². The molecule has 0 heterocycles. The lowest BCUT2D eigenvalue weighted by molar-refractivity contribution is 0.0902. The van der Waals surface area contributed by atoms with Gasteiger partial charge < -0.3 is 11.1 Å². The summed E-state index contributed by atoms with van der Waals surface area (Å²) in [5.74, 6) is 0.0276. The molecule has 0 aromatic heterocycles. The largest absolute Gasteiger partial charge is 0.345 e. The number of nitrogens with two attached hydrogens (primary N) is 1. The predicted octanol–water partition coefficient (Wildman–Crippen LogP) is 2.25. The fourth-order valence-electron chi connectivity index (χ4n) is 2.79. The summed E-state index contributed by atoms with van der Waals surface area (Å²) in [4.78, 5) is 12.4. The number of nitrogens with one attached hydrogen (secondary N) is 1. The fourth-order valence-corrected chi connectivity index (χ4v) is 2.79. The molecule has 0 spiro atoms. The molecule has 0 atom stereocenters. The van der Waals surface area contributed by atoms with Crippen LogP contribution in [0.4, 0.5) is 0 Å². The van der Waals surface area contributed by atoms with E-state index in [0.717, 1.165) is 43.2 Å². The molecule has 18 heavy (non-hydrogen) atoms. The highest BCUT2D eigenvalue weighted by molar-refractivity contribution is 5.96. The van der Waals surface area contributed by atoms with Crippen LogP contribution in [-0.4, -0.2) is 18.0 Å². The van der Waals surface area contributed by atoms with Crippen molar-refractivity contribution in [3.05, 3.63) is 35.4 Å². The van der Waals surface area contributed by atoms with Gasteiger partial charge in [0.1, 0.15) is 0 Å². The molecule has 1 aromatic rings. The second kappa shape index (κ2) is 5.53. The molecule has 3 heteroatoms. The standard InChI is InChI=1S/C15H22N2O/c1-2-12-7-3-4-8-13(12)14(18)17-15(11-16)9-5-6-10-15/h3-4,7-8H,2,5-6,9-11,16H2,1H3,(H,17,18). The summed E-state index contributed by atoms with van der Waals surface area (Å²) in [7, 11) is 0. The van der Waals surface area contributed by atoms with Gasteiger partial charge in [-0.3, -0.25) is 4.79 Å². The molecular formula is C15H22N2O. The molecule has 0 unspecified atom stereocenters. The molecule has 0 radical (unpaired) electrons. The number of hydrogen-bond donors (Lipinski definition) is 2. The molecule has 1 aliphatic rings. The van der Waals surface area contributed by atoms with Crippen LogP contribution >= 0.6 is 0 Å². The van der Waals surface area contributed by atoms with E-state index < -0.39 is 0 Å². The first-order valence-corrected chi connectivity index (χ1v) is 6.81. The Bertz CT molecular complexity index is 422. The minimum absolute atomic E-state index is 0.0276. The number of hydrogen-bond acceptors (Lipinski definition) is 2.